The highest BCUT2D eigenvalue weighted by atomic mass is 35.5. The number of amides is 1. The van der Waals surface area contributed by atoms with Gasteiger partial charge in [-0.1, -0.05) is 11.6 Å². The molecule has 0 spiro atoms. The van der Waals surface area contributed by atoms with Crippen LogP contribution in [0, 0.1) is 5.41 Å². The maximum absolute atomic E-state index is 11.7. The molecule has 3 rings (SSSR count). The van der Waals surface area contributed by atoms with E-state index in [1.54, 1.807) is 13.8 Å². The first kappa shape index (κ1) is 19.3. The zero-order valence-electron chi connectivity index (χ0n) is 15.0. The second-order valence-electron chi connectivity index (χ2n) is 6.37. The number of allylic oxidation sites excluding steroid dienone is 1. The number of ether oxygens (including phenoxy) is 1. The number of thiophene rings is 1. The van der Waals surface area contributed by atoms with E-state index in [9.17, 15) is 9.59 Å². The number of carbonyl (C=O) groups excluding carboxylic acids is 2. The number of hydrogen-bond donors (Lipinski definition) is 2. The van der Waals surface area contributed by atoms with Gasteiger partial charge in [0.2, 0.25) is 5.91 Å². The lowest BCUT2D eigenvalue weighted by Crippen LogP contribution is -2.33. The predicted molar refractivity (Wildman–Crippen MR) is 108 cm³/mol. The normalized spacial score (nSPS) is 15.4. The number of benzene rings is 1. The molecule has 1 aromatic heterocycles. The second-order valence-corrected chi connectivity index (χ2v) is 7.86. The maximum atomic E-state index is 11.7. The average molecular weight is 403 g/mol. The van der Waals surface area contributed by atoms with Crippen molar-refractivity contribution < 1.29 is 14.3 Å². The number of nitrogens with one attached hydrogen (secondary N) is 2. The van der Waals surface area contributed by atoms with Crippen LogP contribution in [0.25, 0.3) is 10.4 Å². The fourth-order valence-corrected chi connectivity index (χ4v) is 3.97. The van der Waals surface area contributed by atoms with E-state index in [0.717, 1.165) is 16.0 Å². The highest BCUT2D eigenvalue weighted by Gasteiger charge is 2.26. The number of carbonyl (C=O) groups is 2. The van der Waals surface area contributed by atoms with Crippen molar-refractivity contribution in [1.29, 1.82) is 5.41 Å². The Balaban J connectivity index is 1.70. The minimum Gasteiger partial charge on any atom is -0.486 e. The monoisotopic (exact) mass is 402 g/mol. The highest BCUT2D eigenvalue weighted by Crippen LogP contribution is 2.41. The van der Waals surface area contributed by atoms with Crippen LogP contribution in [0.4, 0.5) is 0 Å². The molecule has 0 saturated carbocycles. The SMILES string of the molecule is CC(=N)/C=C/C(=O)NCC1Cc2cc(-c3ccc(C(C)=O)s3)cc(Cl)c2O1. The third-order valence-electron chi connectivity index (χ3n) is 4.08. The van der Waals surface area contributed by atoms with E-state index in [-0.39, 0.29) is 17.8 Å². The molecule has 0 fully saturated rings. The van der Waals surface area contributed by atoms with Crippen LogP contribution in [0.15, 0.2) is 36.4 Å². The fourth-order valence-electron chi connectivity index (χ4n) is 2.80. The van der Waals surface area contributed by atoms with Crippen molar-refractivity contribution >= 4 is 40.3 Å². The molecule has 0 saturated heterocycles. The first-order valence-electron chi connectivity index (χ1n) is 8.44. The van der Waals surface area contributed by atoms with Crippen molar-refractivity contribution in [2.24, 2.45) is 0 Å². The molecular formula is C20H19ClN2O3S. The molecule has 7 heteroatoms. The first-order valence-corrected chi connectivity index (χ1v) is 9.64. The van der Waals surface area contributed by atoms with Crippen LogP contribution in [-0.4, -0.2) is 30.1 Å². The number of Topliss-reactive ketones (excluding diaryl/α,β-unsaturated/α-hetero) is 1. The van der Waals surface area contributed by atoms with Crippen molar-refractivity contribution in [3.05, 3.63) is 51.9 Å². The van der Waals surface area contributed by atoms with E-state index in [0.29, 0.717) is 34.3 Å². The molecule has 2 heterocycles. The summed E-state index contributed by atoms with van der Waals surface area (Å²) in [4.78, 5) is 24.9. The van der Waals surface area contributed by atoms with Gasteiger partial charge in [-0.2, -0.15) is 0 Å². The summed E-state index contributed by atoms with van der Waals surface area (Å²) in [7, 11) is 0. The molecule has 1 aromatic carbocycles. The average Bonchev–Trinajstić information content (AvgIpc) is 3.25. The van der Waals surface area contributed by atoms with Crippen molar-refractivity contribution in [3.63, 3.8) is 0 Å². The molecule has 0 aliphatic carbocycles. The van der Waals surface area contributed by atoms with Crippen LogP contribution in [0.5, 0.6) is 5.75 Å². The van der Waals surface area contributed by atoms with Gasteiger partial charge in [0.15, 0.2) is 5.78 Å². The molecule has 5 nitrogen and oxygen atoms in total. The van der Waals surface area contributed by atoms with Crippen LogP contribution in [0.1, 0.15) is 29.1 Å². The summed E-state index contributed by atoms with van der Waals surface area (Å²) >= 11 is 7.84. The molecule has 2 N–H and O–H groups in total. The Bertz CT molecular complexity index is 949. The second kappa shape index (κ2) is 8.06. The molecule has 27 heavy (non-hydrogen) atoms. The molecule has 0 radical (unpaired) electrons. The zero-order chi connectivity index (χ0) is 19.6. The van der Waals surface area contributed by atoms with Crippen molar-refractivity contribution in [2.45, 2.75) is 26.4 Å². The van der Waals surface area contributed by atoms with E-state index in [1.165, 1.54) is 23.5 Å². The Kier molecular flexibility index (Phi) is 5.77. The Morgan fingerprint density at radius 3 is 2.78 bits per heavy atom. The van der Waals surface area contributed by atoms with Gasteiger partial charge in [-0.25, -0.2) is 0 Å². The molecule has 1 aliphatic heterocycles. The summed E-state index contributed by atoms with van der Waals surface area (Å²) in [6.45, 7) is 3.51. The highest BCUT2D eigenvalue weighted by molar-refractivity contribution is 7.17. The van der Waals surface area contributed by atoms with E-state index in [2.05, 4.69) is 5.32 Å². The van der Waals surface area contributed by atoms with Gasteiger partial charge in [-0.3, -0.25) is 9.59 Å². The predicted octanol–water partition coefficient (Wildman–Crippen LogP) is 4.29. The minimum absolute atomic E-state index is 0.0462. The topological polar surface area (TPSA) is 79.3 Å². The molecule has 1 atom stereocenters. The van der Waals surface area contributed by atoms with Crippen LogP contribution in [-0.2, 0) is 11.2 Å². The van der Waals surface area contributed by atoms with Gasteiger partial charge in [-0.15, -0.1) is 11.3 Å². The Morgan fingerprint density at radius 1 is 1.33 bits per heavy atom. The summed E-state index contributed by atoms with van der Waals surface area (Å²) in [6, 6.07) is 7.61. The number of fused-ring (bicyclic) bond motifs is 1. The summed E-state index contributed by atoms with van der Waals surface area (Å²) in [5, 5.41) is 10.6. The molecule has 1 amide bonds. The lowest BCUT2D eigenvalue weighted by molar-refractivity contribution is -0.116. The van der Waals surface area contributed by atoms with Gasteiger partial charge >= 0.3 is 0 Å². The number of halogens is 1. The Hall–Kier alpha value is -2.44. The summed E-state index contributed by atoms with van der Waals surface area (Å²) in [5.74, 6) is 0.432. The number of ketones is 1. The van der Waals surface area contributed by atoms with Gasteiger partial charge in [0.05, 0.1) is 16.4 Å². The van der Waals surface area contributed by atoms with Gasteiger partial charge in [-0.05, 0) is 49.8 Å². The largest absolute Gasteiger partial charge is 0.486 e. The third kappa shape index (κ3) is 4.64. The quantitative estimate of drug-likeness (QED) is 0.430. The summed E-state index contributed by atoms with van der Waals surface area (Å²) in [6.07, 6.45) is 3.22. The Morgan fingerprint density at radius 2 is 2.11 bits per heavy atom. The van der Waals surface area contributed by atoms with Gasteiger partial charge in [0.1, 0.15) is 11.9 Å². The van der Waals surface area contributed by atoms with Crippen LogP contribution in [0.2, 0.25) is 5.02 Å². The van der Waals surface area contributed by atoms with Crippen LogP contribution >= 0.6 is 22.9 Å². The lowest BCUT2D eigenvalue weighted by Gasteiger charge is -2.11. The van der Waals surface area contributed by atoms with Gasteiger partial charge in [0.25, 0.3) is 0 Å². The van der Waals surface area contributed by atoms with Crippen LogP contribution in [0.3, 0.4) is 0 Å². The standard InChI is InChI=1S/C20H19ClN2O3S/c1-11(22)3-6-19(25)23-10-15-8-14-7-13(9-16(21)20(14)26-15)18-5-4-17(27-18)12(2)24/h3-7,9,15,22H,8,10H2,1-2H3,(H,23,25)/b6-3+,22-11?. The summed E-state index contributed by atoms with van der Waals surface area (Å²) in [5.41, 5.74) is 2.25. The van der Waals surface area contributed by atoms with E-state index >= 15 is 0 Å². The third-order valence-corrected chi connectivity index (χ3v) is 5.59. The minimum atomic E-state index is -0.261. The van der Waals surface area contributed by atoms with Crippen LogP contribution < -0.4 is 10.1 Å². The lowest BCUT2D eigenvalue weighted by atomic mass is 10.1. The number of hydrogen-bond acceptors (Lipinski definition) is 5. The van der Waals surface area contributed by atoms with Gasteiger partial charge < -0.3 is 15.5 Å². The van der Waals surface area contributed by atoms with E-state index in [1.807, 2.05) is 24.3 Å². The zero-order valence-corrected chi connectivity index (χ0v) is 16.5. The molecular weight excluding hydrogens is 384 g/mol. The molecule has 140 valence electrons. The molecule has 2 aromatic rings. The summed E-state index contributed by atoms with van der Waals surface area (Å²) < 4.78 is 5.88. The molecule has 0 bridgehead atoms. The van der Waals surface area contributed by atoms with E-state index < -0.39 is 0 Å². The maximum Gasteiger partial charge on any atom is 0.244 e. The molecule has 1 unspecified atom stereocenters. The first-order chi connectivity index (χ1) is 12.8. The Labute approximate surface area is 166 Å². The fraction of sp³-hybridized carbons (Fsp3) is 0.250. The van der Waals surface area contributed by atoms with Crippen molar-refractivity contribution in [2.75, 3.05) is 6.54 Å². The van der Waals surface area contributed by atoms with E-state index in [4.69, 9.17) is 21.7 Å². The smallest absolute Gasteiger partial charge is 0.244 e. The van der Waals surface area contributed by atoms with Crippen molar-refractivity contribution in [3.8, 4) is 16.2 Å². The molecule has 1 aliphatic rings. The number of rotatable bonds is 6. The van der Waals surface area contributed by atoms with Crippen molar-refractivity contribution in [1.82, 2.24) is 5.32 Å². The van der Waals surface area contributed by atoms with Gasteiger partial charge in [0, 0.05) is 28.6 Å².